The van der Waals surface area contributed by atoms with Crippen molar-refractivity contribution in [2.75, 3.05) is 0 Å². The summed E-state index contributed by atoms with van der Waals surface area (Å²) in [6.45, 7) is 7.40. The highest BCUT2D eigenvalue weighted by atomic mass is 15.0. The first-order chi connectivity index (χ1) is 6.19. The molecule has 4 fully saturated rings. The lowest BCUT2D eigenvalue weighted by Crippen LogP contribution is -2.53. The zero-order chi connectivity index (χ0) is 9.01. The summed E-state index contributed by atoms with van der Waals surface area (Å²) < 4.78 is 0. The van der Waals surface area contributed by atoms with Crippen LogP contribution in [-0.4, -0.2) is 0 Å². The van der Waals surface area contributed by atoms with E-state index in [9.17, 15) is 0 Å². The fourth-order valence-electron chi connectivity index (χ4n) is 6.05. The van der Waals surface area contributed by atoms with Gasteiger partial charge in [0.1, 0.15) is 0 Å². The minimum Gasteiger partial charge on any atom is -0.0651 e. The van der Waals surface area contributed by atoms with Gasteiger partial charge in [-0.05, 0) is 53.3 Å². The van der Waals surface area contributed by atoms with Crippen LogP contribution in [0.1, 0.15) is 40.0 Å². The SMILES string of the molecule is CCC1C2C3(CC(C)C3C)C3CC132. The highest BCUT2D eigenvalue weighted by Gasteiger charge is 2.96. The summed E-state index contributed by atoms with van der Waals surface area (Å²) in [4.78, 5) is 0. The standard InChI is InChI=1S/C13H20/c1-4-9-11-12(5-7(2)8(12)3)10-6-13(9,10)11/h7-11H,4-6H2,1-3H3. The van der Waals surface area contributed by atoms with Crippen molar-refractivity contribution in [3.05, 3.63) is 0 Å². The molecule has 0 amide bonds. The molecule has 7 unspecified atom stereocenters. The second-order valence-corrected chi connectivity index (χ2v) is 6.44. The second kappa shape index (κ2) is 1.61. The first-order valence-corrected chi connectivity index (χ1v) is 6.19. The zero-order valence-corrected chi connectivity index (χ0v) is 9.01. The average molecular weight is 176 g/mol. The summed E-state index contributed by atoms with van der Waals surface area (Å²) in [6.07, 6.45) is 4.69. The summed E-state index contributed by atoms with van der Waals surface area (Å²) in [5.74, 6) is 5.70. The third-order valence-electron chi connectivity index (χ3n) is 6.65. The minimum atomic E-state index is 0.903. The second-order valence-electron chi connectivity index (χ2n) is 6.44. The van der Waals surface area contributed by atoms with E-state index >= 15 is 0 Å². The summed E-state index contributed by atoms with van der Waals surface area (Å²) >= 11 is 0. The Labute approximate surface area is 81.1 Å². The largest absolute Gasteiger partial charge is 0.0651 e. The maximum absolute atomic E-state index is 2.53. The van der Waals surface area contributed by atoms with Crippen molar-refractivity contribution in [2.45, 2.75) is 40.0 Å². The molecule has 0 aromatic rings. The predicted molar refractivity (Wildman–Crippen MR) is 53.2 cm³/mol. The lowest BCUT2D eigenvalue weighted by atomic mass is 9.46. The van der Waals surface area contributed by atoms with Gasteiger partial charge in [-0.1, -0.05) is 27.2 Å². The molecule has 4 saturated carbocycles. The molecule has 4 aliphatic carbocycles. The monoisotopic (exact) mass is 176 g/mol. The number of rotatable bonds is 1. The van der Waals surface area contributed by atoms with E-state index in [1.54, 1.807) is 12.8 Å². The summed E-state index contributed by atoms with van der Waals surface area (Å²) in [5.41, 5.74) is 1.88. The van der Waals surface area contributed by atoms with Crippen LogP contribution in [0.3, 0.4) is 0 Å². The number of fused-ring (bicyclic) bond motifs is 2. The van der Waals surface area contributed by atoms with Crippen LogP contribution < -0.4 is 0 Å². The Kier molecular flexibility index (Phi) is 0.907. The van der Waals surface area contributed by atoms with Crippen LogP contribution in [0.15, 0.2) is 0 Å². The number of hydrogen-bond donors (Lipinski definition) is 0. The highest BCUT2D eigenvalue weighted by Crippen LogP contribution is 3.01. The molecule has 0 aromatic heterocycles. The van der Waals surface area contributed by atoms with Gasteiger partial charge >= 0.3 is 0 Å². The molecule has 0 saturated heterocycles. The Morgan fingerprint density at radius 2 is 1.92 bits per heavy atom. The topological polar surface area (TPSA) is 0 Å². The molecule has 4 aliphatic rings. The Morgan fingerprint density at radius 3 is 2.38 bits per heavy atom. The normalized spacial score (nSPS) is 76.4. The molecule has 0 radical (unpaired) electrons. The smallest absolute Gasteiger partial charge is 0.0193 e. The molecule has 72 valence electrons. The van der Waals surface area contributed by atoms with Gasteiger partial charge in [-0.25, -0.2) is 0 Å². The van der Waals surface area contributed by atoms with Crippen LogP contribution in [0.4, 0.5) is 0 Å². The molecule has 0 nitrogen and oxygen atoms in total. The summed E-state index contributed by atoms with van der Waals surface area (Å²) in [6, 6.07) is 0. The van der Waals surface area contributed by atoms with Gasteiger partial charge in [-0.3, -0.25) is 0 Å². The van der Waals surface area contributed by atoms with Crippen molar-refractivity contribution in [1.82, 2.24) is 0 Å². The van der Waals surface area contributed by atoms with E-state index in [4.69, 9.17) is 0 Å². The fourth-order valence-corrected chi connectivity index (χ4v) is 6.05. The van der Waals surface area contributed by atoms with E-state index in [-0.39, 0.29) is 0 Å². The maximum Gasteiger partial charge on any atom is -0.0193 e. The molecule has 0 heteroatoms. The lowest BCUT2D eigenvalue weighted by molar-refractivity contribution is -0.110. The number of hydrogen-bond acceptors (Lipinski definition) is 0. The first-order valence-electron chi connectivity index (χ1n) is 6.19. The summed E-state index contributed by atoms with van der Waals surface area (Å²) in [7, 11) is 0. The van der Waals surface area contributed by atoms with E-state index in [0.29, 0.717) is 0 Å². The minimum absolute atomic E-state index is 0.903. The molecule has 0 heterocycles. The van der Waals surface area contributed by atoms with Crippen molar-refractivity contribution in [2.24, 2.45) is 40.4 Å². The molecule has 0 aliphatic heterocycles. The molecule has 0 bridgehead atoms. The van der Waals surface area contributed by atoms with Gasteiger partial charge in [0.25, 0.3) is 0 Å². The van der Waals surface area contributed by atoms with Crippen LogP contribution in [0.25, 0.3) is 0 Å². The van der Waals surface area contributed by atoms with Crippen molar-refractivity contribution in [1.29, 1.82) is 0 Å². The first kappa shape index (κ1) is 7.31. The molecular weight excluding hydrogens is 156 g/mol. The van der Waals surface area contributed by atoms with Crippen molar-refractivity contribution >= 4 is 0 Å². The fraction of sp³-hybridized carbons (Fsp3) is 1.00. The van der Waals surface area contributed by atoms with Crippen LogP contribution in [0.2, 0.25) is 0 Å². The molecule has 7 atom stereocenters. The zero-order valence-electron chi connectivity index (χ0n) is 9.01. The van der Waals surface area contributed by atoms with E-state index < -0.39 is 0 Å². The van der Waals surface area contributed by atoms with Crippen molar-refractivity contribution in [3.8, 4) is 0 Å². The van der Waals surface area contributed by atoms with E-state index in [0.717, 1.165) is 22.7 Å². The molecule has 0 aromatic carbocycles. The Morgan fingerprint density at radius 1 is 1.15 bits per heavy atom. The van der Waals surface area contributed by atoms with Gasteiger partial charge in [0.2, 0.25) is 0 Å². The Balaban J connectivity index is 1.67. The highest BCUT2D eigenvalue weighted by molar-refractivity contribution is 5.43. The average Bonchev–Trinajstić information content (AvgIpc) is 2.98. The maximum atomic E-state index is 2.53. The van der Waals surface area contributed by atoms with E-state index in [1.807, 2.05) is 0 Å². The van der Waals surface area contributed by atoms with Gasteiger partial charge in [-0.2, -0.15) is 0 Å². The van der Waals surface area contributed by atoms with Crippen LogP contribution >= 0.6 is 0 Å². The Hall–Kier alpha value is 0. The van der Waals surface area contributed by atoms with Gasteiger partial charge < -0.3 is 0 Å². The molecular formula is C13H20. The predicted octanol–water partition coefficient (Wildman–Crippen LogP) is 3.32. The van der Waals surface area contributed by atoms with Crippen LogP contribution in [-0.2, 0) is 0 Å². The Bertz CT molecular complexity index is 294. The summed E-state index contributed by atoms with van der Waals surface area (Å²) in [5, 5.41) is 0. The van der Waals surface area contributed by atoms with E-state index in [1.165, 1.54) is 24.2 Å². The van der Waals surface area contributed by atoms with Crippen LogP contribution in [0.5, 0.6) is 0 Å². The third-order valence-corrected chi connectivity index (χ3v) is 6.65. The molecule has 13 heavy (non-hydrogen) atoms. The third kappa shape index (κ3) is 0.444. The lowest BCUT2D eigenvalue weighted by Gasteiger charge is -2.59. The van der Waals surface area contributed by atoms with Gasteiger partial charge in [0.05, 0.1) is 0 Å². The van der Waals surface area contributed by atoms with Crippen molar-refractivity contribution in [3.63, 3.8) is 0 Å². The van der Waals surface area contributed by atoms with Gasteiger partial charge in [0, 0.05) is 0 Å². The molecule has 0 N–H and O–H groups in total. The quantitative estimate of drug-likeness (QED) is 0.575. The van der Waals surface area contributed by atoms with Gasteiger partial charge in [-0.15, -0.1) is 0 Å². The van der Waals surface area contributed by atoms with E-state index in [2.05, 4.69) is 20.8 Å². The molecule has 4 rings (SSSR count). The van der Waals surface area contributed by atoms with Crippen molar-refractivity contribution < 1.29 is 0 Å². The van der Waals surface area contributed by atoms with Gasteiger partial charge in [0.15, 0.2) is 0 Å². The molecule has 2 spiro atoms. The van der Waals surface area contributed by atoms with Crippen LogP contribution in [0, 0.1) is 40.4 Å².